The first-order valence-corrected chi connectivity index (χ1v) is 9.57. The number of nitrogens with zero attached hydrogens (tertiary/aromatic N) is 1. The second kappa shape index (κ2) is 5.57. The van der Waals surface area contributed by atoms with E-state index in [0.29, 0.717) is 18.9 Å². The van der Waals surface area contributed by atoms with E-state index >= 15 is 0 Å². The minimum absolute atomic E-state index is 0.00965. The second-order valence-electron chi connectivity index (χ2n) is 6.56. The highest BCUT2D eigenvalue weighted by Gasteiger charge is 2.38. The van der Waals surface area contributed by atoms with Gasteiger partial charge in [-0.25, -0.2) is 8.42 Å². The number of hydrogen-bond acceptors (Lipinski definition) is 4. The first-order chi connectivity index (χ1) is 10.4. The summed E-state index contributed by atoms with van der Waals surface area (Å²) in [7, 11) is -3.05. The Hall–Kier alpha value is -1.56. The number of anilines is 2. The standard InChI is InChI=1S/C16H22N2O3S/c1-11(2)14-9-18(15-6-4-3-5-13(15)17-14)16(19)12-7-8-22(20,21)10-12/h3-6,11-12,14,17H,7-10H2,1-2H3/t12-,14-/m0/s1. The number of fused-ring (bicyclic) bond motifs is 1. The number of benzene rings is 1. The van der Waals surface area contributed by atoms with Crippen LogP contribution >= 0.6 is 0 Å². The van der Waals surface area contributed by atoms with Gasteiger partial charge >= 0.3 is 0 Å². The highest BCUT2D eigenvalue weighted by Crippen LogP contribution is 2.34. The van der Waals surface area contributed by atoms with Crippen molar-refractivity contribution in [2.75, 3.05) is 28.3 Å². The maximum Gasteiger partial charge on any atom is 0.231 e. The van der Waals surface area contributed by atoms with Crippen molar-refractivity contribution in [3.05, 3.63) is 24.3 Å². The number of nitrogens with one attached hydrogen (secondary N) is 1. The average Bonchev–Trinajstić information content (AvgIpc) is 2.85. The molecule has 0 aliphatic carbocycles. The molecule has 2 aliphatic heterocycles. The normalized spacial score (nSPS) is 26.6. The molecule has 1 aromatic carbocycles. The Balaban J connectivity index is 1.90. The molecule has 6 heteroatoms. The van der Waals surface area contributed by atoms with Crippen LogP contribution < -0.4 is 10.2 Å². The Morgan fingerprint density at radius 2 is 2.05 bits per heavy atom. The van der Waals surface area contributed by atoms with E-state index in [1.54, 1.807) is 4.90 Å². The third kappa shape index (κ3) is 2.84. The van der Waals surface area contributed by atoms with Gasteiger partial charge in [-0.15, -0.1) is 0 Å². The lowest BCUT2D eigenvalue weighted by atomic mass is 9.98. The molecule has 2 heterocycles. The summed E-state index contributed by atoms with van der Waals surface area (Å²) in [5.41, 5.74) is 1.80. The summed E-state index contributed by atoms with van der Waals surface area (Å²) in [6.07, 6.45) is 0.444. The van der Waals surface area contributed by atoms with Gasteiger partial charge in [0.15, 0.2) is 9.84 Å². The van der Waals surface area contributed by atoms with Gasteiger partial charge in [0, 0.05) is 12.6 Å². The third-order valence-corrected chi connectivity index (χ3v) is 6.34. The van der Waals surface area contributed by atoms with Gasteiger partial charge in [0.05, 0.1) is 28.8 Å². The first-order valence-electron chi connectivity index (χ1n) is 7.75. The zero-order valence-electron chi connectivity index (χ0n) is 13.0. The van der Waals surface area contributed by atoms with E-state index < -0.39 is 15.8 Å². The molecule has 2 aliphatic rings. The summed E-state index contributed by atoms with van der Waals surface area (Å²) in [4.78, 5) is 14.6. The molecule has 2 atom stereocenters. The van der Waals surface area contributed by atoms with Crippen LogP contribution in [0.4, 0.5) is 11.4 Å². The molecule has 3 rings (SSSR count). The fraction of sp³-hybridized carbons (Fsp3) is 0.562. The van der Waals surface area contributed by atoms with Gasteiger partial charge in [-0.2, -0.15) is 0 Å². The van der Waals surface area contributed by atoms with Crippen molar-refractivity contribution in [2.24, 2.45) is 11.8 Å². The summed E-state index contributed by atoms with van der Waals surface area (Å²) < 4.78 is 23.3. The Kier molecular flexibility index (Phi) is 3.89. The largest absolute Gasteiger partial charge is 0.379 e. The van der Waals surface area contributed by atoms with E-state index in [9.17, 15) is 13.2 Å². The average molecular weight is 322 g/mol. The molecule has 0 radical (unpaired) electrons. The number of rotatable bonds is 2. The van der Waals surface area contributed by atoms with Crippen molar-refractivity contribution >= 4 is 27.1 Å². The quantitative estimate of drug-likeness (QED) is 0.903. The molecule has 1 fully saturated rings. The van der Waals surface area contributed by atoms with Crippen molar-refractivity contribution in [1.29, 1.82) is 0 Å². The zero-order chi connectivity index (χ0) is 15.9. The van der Waals surface area contributed by atoms with Crippen LogP contribution in [0.2, 0.25) is 0 Å². The molecule has 120 valence electrons. The van der Waals surface area contributed by atoms with Crippen LogP contribution in [0.5, 0.6) is 0 Å². The lowest BCUT2D eigenvalue weighted by Gasteiger charge is -2.38. The van der Waals surface area contributed by atoms with Crippen LogP contribution in [0.25, 0.3) is 0 Å². The van der Waals surface area contributed by atoms with Crippen LogP contribution in [0.3, 0.4) is 0 Å². The number of amides is 1. The number of carbonyl (C=O) groups excluding carboxylic acids is 1. The molecule has 0 saturated carbocycles. The van der Waals surface area contributed by atoms with Gasteiger partial charge < -0.3 is 10.2 Å². The molecule has 0 spiro atoms. The van der Waals surface area contributed by atoms with E-state index in [-0.39, 0.29) is 23.5 Å². The molecule has 1 saturated heterocycles. The molecule has 5 nitrogen and oxygen atoms in total. The summed E-state index contributed by atoms with van der Waals surface area (Å²) >= 11 is 0. The smallest absolute Gasteiger partial charge is 0.231 e. The maximum atomic E-state index is 12.9. The summed E-state index contributed by atoms with van der Waals surface area (Å²) in [6.45, 7) is 4.83. The molecule has 22 heavy (non-hydrogen) atoms. The van der Waals surface area contributed by atoms with Crippen molar-refractivity contribution < 1.29 is 13.2 Å². The van der Waals surface area contributed by atoms with Crippen molar-refractivity contribution in [1.82, 2.24) is 0 Å². The highest BCUT2D eigenvalue weighted by atomic mass is 32.2. The fourth-order valence-corrected chi connectivity index (χ4v) is 4.90. The molecular weight excluding hydrogens is 300 g/mol. The van der Waals surface area contributed by atoms with Crippen LogP contribution in [0.15, 0.2) is 24.3 Å². The number of sulfone groups is 1. The second-order valence-corrected chi connectivity index (χ2v) is 8.79. The lowest BCUT2D eigenvalue weighted by Crippen LogP contribution is -2.49. The molecule has 1 amide bonds. The minimum atomic E-state index is -3.05. The van der Waals surface area contributed by atoms with E-state index in [1.165, 1.54) is 0 Å². The topological polar surface area (TPSA) is 66.5 Å². The Bertz CT molecular complexity index is 684. The molecule has 0 unspecified atom stereocenters. The molecular formula is C16H22N2O3S. The van der Waals surface area contributed by atoms with Crippen molar-refractivity contribution in [2.45, 2.75) is 26.3 Å². The molecule has 0 aromatic heterocycles. The van der Waals surface area contributed by atoms with Gasteiger partial charge in [0.1, 0.15) is 0 Å². The summed E-state index contributed by atoms with van der Waals surface area (Å²) in [6, 6.07) is 7.91. The van der Waals surface area contributed by atoms with Crippen LogP contribution in [-0.4, -0.2) is 38.4 Å². The third-order valence-electron chi connectivity index (χ3n) is 4.57. The fourth-order valence-electron chi connectivity index (χ4n) is 3.17. The maximum absolute atomic E-state index is 12.9. The van der Waals surface area contributed by atoms with Crippen LogP contribution in [0, 0.1) is 11.8 Å². The first kappa shape index (κ1) is 15.3. The highest BCUT2D eigenvalue weighted by molar-refractivity contribution is 7.91. The lowest BCUT2D eigenvalue weighted by molar-refractivity contribution is -0.121. The van der Waals surface area contributed by atoms with E-state index in [4.69, 9.17) is 0 Å². The SMILES string of the molecule is CC(C)[C@@H]1CN(C(=O)[C@H]2CCS(=O)(=O)C2)c2ccccc2N1. The molecule has 1 aromatic rings. The van der Waals surface area contributed by atoms with Crippen LogP contribution in [0.1, 0.15) is 20.3 Å². The predicted molar refractivity (Wildman–Crippen MR) is 87.8 cm³/mol. The Labute approximate surface area is 131 Å². The van der Waals surface area contributed by atoms with E-state index in [2.05, 4.69) is 19.2 Å². The summed E-state index contributed by atoms with van der Waals surface area (Å²) in [5.74, 6) is 0.0512. The Morgan fingerprint density at radius 3 is 2.68 bits per heavy atom. The number of carbonyl (C=O) groups is 1. The van der Waals surface area contributed by atoms with Crippen LogP contribution in [-0.2, 0) is 14.6 Å². The molecule has 0 bridgehead atoms. The monoisotopic (exact) mass is 322 g/mol. The zero-order valence-corrected chi connectivity index (χ0v) is 13.8. The van der Waals surface area contributed by atoms with E-state index in [1.807, 2.05) is 24.3 Å². The molecule has 1 N–H and O–H groups in total. The van der Waals surface area contributed by atoms with Gasteiger partial charge in [-0.3, -0.25) is 4.79 Å². The van der Waals surface area contributed by atoms with Crippen molar-refractivity contribution in [3.63, 3.8) is 0 Å². The number of para-hydroxylation sites is 2. The number of hydrogen-bond donors (Lipinski definition) is 1. The summed E-state index contributed by atoms with van der Waals surface area (Å²) in [5, 5.41) is 3.48. The minimum Gasteiger partial charge on any atom is -0.379 e. The van der Waals surface area contributed by atoms with Gasteiger partial charge in [-0.1, -0.05) is 26.0 Å². The van der Waals surface area contributed by atoms with Gasteiger partial charge in [0.25, 0.3) is 0 Å². The van der Waals surface area contributed by atoms with Gasteiger partial charge in [0.2, 0.25) is 5.91 Å². The van der Waals surface area contributed by atoms with Gasteiger partial charge in [-0.05, 0) is 24.5 Å². The Morgan fingerprint density at radius 1 is 1.32 bits per heavy atom. The van der Waals surface area contributed by atoms with E-state index in [0.717, 1.165) is 11.4 Å². The van der Waals surface area contributed by atoms with Crippen molar-refractivity contribution in [3.8, 4) is 0 Å². The predicted octanol–water partition coefficient (Wildman–Crippen LogP) is 1.90.